The first-order valence-electron chi connectivity index (χ1n) is 5.63. The summed E-state index contributed by atoms with van der Waals surface area (Å²) in [5.74, 6) is -0.00404. The van der Waals surface area contributed by atoms with Gasteiger partial charge in [0.25, 0.3) is 0 Å². The van der Waals surface area contributed by atoms with E-state index >= 15 is 0 Å². The number of rotatable bonds is 4. The minimum atomic E-state index is -0.941. The van der Waals surface area contributed by atoms with Crippen LogP contribution in [0.4, 0.5) is 0 Å². The average molecular weight is 242 g/mol. The second-order valence-electron chi connectivity index (χ2n) is 3.97. The van der Waals surface area contributed by atoms with E-state index in [-0.39, 0.29) is 0 Å². The number of aryl methyl sites for hydroxylation is 1. The number of aliphatic carboxylic acids is 1. The molecule has 1 N–H and O–H groups in total. The second-order valence-corrected chi connectivity index (χ2v) is 3.97. The molecule has 0 unspecified atom stereocenters. The smallest absolute Gasteiger partial charge is 0.328 e. The lowest BCUT2D eigenvalue weighted by Crippen LogP contribution is -2.02. The topological polar surface area (TPSA) is 55.1 Å². The lowest BCUT2D eigenvalue weighted by atomic mass is 10.1. The van der Waals surface area contributed by atoms with Gasteiger partial charge in [0.1, 0.15) is 5.82 Å². The molecule has 0 amide bonds. The Balaban J connectivity index is 2.28. The fourth-order valence-corrected chi connectivity index (χ4v) is 1.76. The monoisotopic (exact) mass is 242 g/mol. The summed E-state index contributed by atoms with van der Waals surface area (Å²) in [6.07, 6.45) is 6.43. The number of carbonyl (C=O) groups is 1. The van der Waals surface area contributed by atoms with Crippen LogP contribution in [0.2, 0.25) is 0 Å². The van der Waals surface area contributed by atoms with Crippen LogP contribution < -0.4 is 0 Å². The molecular weight excluding hydrogens is 228 g/mol. The van der Waals surface area contributed by atoms with Gasteiger partial charge in [0.05, 0.1) is 0 Å². The molecular formula is C14H14N2O2. The fraction of sp³-hybridized carbons (Fsp3) is 0.143. The van der Waals surface area contributed by atoms with Gasteiger partial charge in [0, 0.05) is 25.0 Å². The highest BCUT2D eigenvalue weighted by atomic mass is 16.4. The van der Waals surface area contributed by atoms with Crippen LogP contribution in [0.3, 0.4) is 0 Å². The highest BCUT2D eigenvalue weighted by Gasteiger charge is 2.02. The molecule has 1 heterocycles. The van der Waals surface area contributed by atoms with Gasteiger partial charge >= 0.3 is 5.97 Å². The third kappa shape index (κ3) is 2.85. The van der Waals surface area contributed by atoms with Gasteiger partial charge in [-0.05, 0) is 24.1 Å². The third-order valence-electron chi connectivity index (χ3n) is 2.72. The predicted molar refractivity (Wildman–Crippen MR) is 69.2 cm³/mol. The van der Waals surface area contributed by atoms with E-state index in [1.807, 2.05) is 42.0 Å². The Morgan fingerprint density at radius 2 is 2.22 bits per heavy atom. The van der Waals surface area contributed by atoms with E-state index in [4.69, 9.17) is 5.11 Å². The van der Waals surface area contributed by atoms with Crippen LogP contribution >= 0.6 is 0 Å². The van der Waals surface area contributed by atoms with E-state index in [0.29, 0.717) is 6.54 Å². The first-order chi connectivity index (χ1) is 8.66. The standard InChI is InChI=1S/C14H14N2O2/c1-11-15-8-9-16(11)10-13-5-3-2-4-12(13)6-7-14(17)18/h2-9H,10H2,1H3,(H,17,18). The average Bonchev–Trinajstić information content (AvgIpc) is 2.74. The first kappa shape index (κ1) is 12.1. The number of benzene rings is 1. The van der Waals surface area contributed by atoms with E-state index in [1.54, 1.807) is 12.3 Å². The Bertz CT molecular complexity index is 585. The predicted octanol–water partition coefficient (Wildman–Crippen LogP) is 2.34. The van der Waals surface area contributed by atoms with Gasteiger partial charge in [-0.1, -0.05) is 24.3 Å². The highest BCUT2D eigenvalue weighted by Crippen LogP contribution is 2.13. The summed E-state index contributed by atoms with van der Waals surface area (Å²) in [4.78, 5) is 14.7. The van der Waals surface area contributed by atoms with Crippen LogP contribution in [-0.4, -0.2) is 20.6 Å². The molecule has 4 nitrogen and oxygen atoms in total. The Hall–Kier alpha value is -2.36. The van der Waals surface area contributed by atoms with Crippen molar-refractivity contribution in [2.24, 2.45) is 0 Å². The van der Waals surface area contributed by atoms with Crippen molar-refractivity contribution < 1.29 is 9.90 Å². The zero-order chi connectivity index (χ0) is 13.0. The van der Waals surface area contributed by atoms with Crippen molar-refractivity contribution in [3.8, 4) is 0 Å². The normalized spacial score (nSPS) is 10.9. The summed E-state index contributed by atoms with van der Waals surface area (Å²) in [6.45, 7) is 2.63. The van der Waals surface area contributed by atoms with Crippen molar-refractivity contribution in [1.29, 1.82) is 0 Å². The van der Waals surface area contributed by atoms with Crippen LogP contribution in [-0.2, 0) is 11.3 Å². The van der Waals surface area contributed by atoms with Crippen molar-refractivity contribution >= 4 is 12.0 Å². The maximum Gasteiger partial charge on any atom is 0.328 e. The summed E-state index contributed by atoms with van der Waals surface area (Å²) in [6, 6.07) is 7.73. The minimum Gasteiger partial charge on any atom is -0.478 e. The first-order valence-corrected chi connectivity index (χ1v) is 5.63. The number of imidazole rings is 1. The number of carboxylic acids is 1. The minimum absolute atomic E-state index is 0.686. The van der Waals surface area contributed by atoms with Crippen LogP contribution in [0.15, 0.2) is 42.7 Å². The summed E-state index contributed by atoms with van der Waals surface area (Å²) < 4.78 is 2.02. The zero-order valence-electron chi connectivity index (χ0n) is 10.1. The largest absolute Gasteiger partial charge is 0.478 e. The van der Waals surface area contributed by atoms with E-state index < -0.39 is 5.97 Å². The molecule has 1 aromatic carbocycles. The van der Waals surface area contributed by atoms with Crippen molar-refractivity contribution in [3.63, 3.8) is 0 Å². The van der Waals surface area contributed by atoms with E-state index in [2.05, 4.69) is 4.98 Å². The molecule has 0 atom stereocenters. The summed E-state index contributed by atoms with van der Waals surface area (Å²) in [7, 11) is 0. The number of carboxylic acid groups (broad SMARTS) is 1. The summed E-state index contributed by atoms with van der Waals surface area (Å²) in [5, 5.41) is 8.66. The Morgan fingerprint density at radius 3 is 2.89 bits per heavy atom. The molecule has 0 saturated carbocycles. The Labute approximate surface area is 105 Å². The molecule has 1 aromatic heterocycles. The Morgan fingerprint density at radius 1 is 1.44 bits per heavy atom. The van der Waals surface area contributed by atoms with Gasteiger partial charge < -0.3 is 9.67 Å². The van der Waals surface area contributed by atoms with Crippen molar-refractivity contribution in [2.45, 2.75) is 13.5 Å². The van der Waals surface area contributed by atoms with Crippen LogP contribution in [0.5, 0.6) is 0 Å². The summed E-state index contributed by atoms with van der Waals surface area (Å²) in [5.41, 5.74) is 1.98. The van der Waals surface area contributed by atoms with E-state index in [0.717, 1.165) is 23.0 Å². The third-order valence-corrected chi connectivity index (χ3v) is 2.72. The number of hydrogen-bond donors (Lipinski definition) is 1. The van der Waals surface area contributed by atoms with Gasteiger partial charge in [-0.2, -0.15) is 0 Å². The van der Waals surface area contributed by atoms with Gasteiger partial charge in [0.2, 0.25) is 0 Å². The Kier molecular flexibility index (Phi) is 3.57. The number of nitrogens with zero attached hydrogens (tertiary/aromatic N) is 2. The molecule has 0 aliphatic heterocycles. The molecule has 0 radical (unpaired) electrons. The molecule has 0 spiro atoms. The molecule has 0 saturated heterocycles. The number of aromatic nitrogens is 2. The number of hydrogen-bond acceptors (Lipinski definition) is 2. The quantitative estimate of drug-likeness (QED) is 0.837. The second kappa shape index (κ2) is 5.31. The van der Waals surface area contributed by atoms with Crippen molar-refractivity contribution in [1.82, 2.24) is 9.55 Å². The molecule has 0 aliphatic carbocycles. The maximum absolute atomic E-state index is 10.6. The summed E-state index contributed by atoms with van der Waals surface area (Å²) >= 11 is 0. The van der Waals surface area contributed by atoms with Crippen LogP contribution in [0.25, 0.3) is 6.08 Å². The van der Waals surface area contributed by atoms with Gasteiger partial charge in [-0.15, -0.1) is 0 Å². The van der Waals surface area contributed by atoms with Gasteiger partial charge in [0.15, 0.2) is 0 Å². The van der Waals surface area contributed by atoms with Crippen molar-refractivity contribution in [2.75, 3.05) is 0 Å². The molecule has 0 fully saturated rings. The molecule has 18 heavy (non-hydrogen) atoms. The highest BCUT2D eigenvalue weighted by molar-refractivity contribution is 5.85. The lowest BCUT2D eigenvalue weighted by molar-refractivity contribution is -0.131. The van der Waals surface area contributed by atoms with E-state index in [9.17, 15) is 4.79 Å². The maximum atomic E-state index is 10.6. The molecule has 2 rings (SSSR count). The SMILES string of the molecule is Cc1nccn1Cc1ccccc1C=CC(=O)O. The van der Waals surface area contributed by atoms with Crippen molar-refractivity contribution in [3.05, 3.63) is 59.7 Å². The van der Waals surface area contributed by atoms with Gasteiger partial charge in [-0.25, -0.2) is 9.78 Å². The zero-order valence-corrected chi connectivity index (χ0v) is 10.1. The molecule has 4 heteroatoms. The molecule has 92 valence electrons. The lowest BCUT2D eigenvalue weighted by Gasteiger charge is -2.08. The van der Waals surface area contributed by atoms with Crippen LogP contribution in [0.1, 0.15) is 17.0 Å². The van der Waals surface area contributed by atoms with Crippen LogP contribution in [0, 0.1) is 6.92 Å². The van der Waals surface area contributed by atoms with E-state index in [1.165, 1.54) is 0 Å². The molecule has 0 bridgehead atoms. The molecule has 2 aromatic rings. The van der Waals surface area contributed by atoms with Gasteiger partial charge in [-0.3, -0.25) is 0 Å². The molecule has 0 aliphatic rings. The fourth-order valence-electron chi connectivity index (χ4n) is 1.76.